The third-order valence-corrected chi connectivity index (χ3v) is 9.51. The van der Waals surface area contributed by atoms with Crippen molar-refractivity contribution >= 4 is 17.9 Å². The highest BCUT2D eigenvalue weighted by Gasteiger charge is 2.25. The highest BCUT2D eigenvalue weighted by atomic mass is 16.6. The number of allylic oxidation sites excluding steroid dienone is 6. The van der Waals surface area contributed by atoms with Crippen molar-refractivity contribution in [3.63, 3.8) is 0 Å². The van der Waals surface area contributed by atoms with Crippen LogP contribution in [0.5, 0.6) is 0 Å². The van der Waals surface area contributed by atoms with Crippen LogP contribution in [0.1, 0.15) is 181 Å². The molecule has 0 bridgehead atoms. The van der Waals surface area contributed by atoms with E-state index in [0.717, 1.165) is 57.8 Å². The van der Waals surface area contributed by atoms with Gasteiger partial charge in [0.25, 0.3) is 0 Å². The van der Waals surface area contributed by atoms with Gasteiger partial charge in [0.05, 0.1) is 40.3 Å². The van der Waals surface area contributed by atoms with Crippen molar-refractivity contribution in [1.82, 2.24) is 0 Å². The summed E-state index contributed by atoms with van der Waals surface area (Å²) in [4.78, 5) is 36.8. The second-order valence-corrected chi connectivity index (χ2v) is 15.5. The summed E-state index contributed by atoms with van der Waals surface area (Å²) in [6, 6.07) is -0.726. The van der Waals surface area contributed by atoms with Gasteiger partial charge in [0.1, 0.15) is 12.6 Å². The van der Waals surface area contributed by atoms with Crippen LogP contribution in [0.2, 0.25) is 0 Å². The van der Waals surface area contributed by atoms with Gasteiger partial charge in [0.2, 0.25) is 0 Å². The van der Waals surface area contributed by atoms with Gasteiger partial charge < -0.3 is 28.6 Å². The maximum Gasteiger partial charge on any atom is 0.306 e. The molecule has 0 rings (SSSR count). The molecule has 0 amide bonds. The first-order valence-electron chi connectivity index (χ1n) is 21.5. The number of hydrogen-bond acceptors (Lipinski definition) is 7. The van der Waals surface area contributed by atoms with Crippen LogP contribution in [0.3, 0.4) is 0 Å². The normalized spacial score (nSPS) is 13.3. The molecule has 0 saturated heterocycles. The largest absolute Gasteiger partial charge is 0.544 e. The molecule has 0 radical (unpaired) electrons. The Bertz CT molecular complexity index is 968. The second kappa shape index (κ2) is 36.5. The Hall–Kier alpha value is -2.45. The second-order valence-electron chi connectivity index (χ2n) is 15.5. The minimum Gasteiger partial charge on any atom is -0.544 e. The summed E-state index contributed by atoms with van der Waals surface area (Å²) in [5.41, 5.74) is 0. The summed E-state index contributed by atoms with van der Waals surface area (Å²) in [7, 11) is 5.40. The van der Waals surface area contributed by atoms with E-state index < -0.39 is 18.1 Å². The Morgan fingerprint density at radius 1 is 0.585 bits per heavy atom. The fourth-order valence-corrected chi connectivity index (χ4v) is 6.16. The lowest BCUT2D eigenvalue weighted by Gasteiger charge is -2.34. The number of ether oxygens (including phenoxy) is 3. The molecule has 8 nitrogen and oxygen atoms in total. The summed E-state index contributed by atoms with van der Waals surface area (Å²) in [5, 5.41) is 11.6. The zero-order valence-corrected chi connectivity index (χ0v) is 34.9. The van der Waals surface area contributed by atoms with E-state index in [-0.39, 0.29) is 42.7 Å². The summed E-state index contributed by atoms with van der Waals surface area (Å²) in [6.45, 7) is 4.53. The van der Waals surface area contributed by atoms with E-state index in [0.29, 0.717) is 12.8 Å². The maximum absolute atomic E-state index is 12.7. The summed E-state index contributed by atoms with van der Waals surface area (Å²) >= 11 is 0. The van der Waals surface area contributed by atoms with E-state index in [1.165, 1.54) is 89.9 Å². The standard InChI is InChI=1S/C45H81NO7/c1-6-8-10-12-14-16-18-20-22-24-26-28-30-32-34-36-44(48)53-41(39-51-38-37-42(45(49)50)46(3,4)5)40-52-43(47)35-33-31-29-27-25-23-21-19-17-15-13-11-9-7-2/h9,11,15-18,41-42H,6-8,10,12-14,19-40H2,1-5H3/b11-9+,17-15+,18-16+. The molecule has 308 valence electrons. The van der Waals surface area contributed by atoms with Gasteiger partial charge in [-0.05, 0) is 64.2 Å². The van der Waals surface area contributed by atoms with Crippen molar-refractivity contribution in [2.45, 2.75) is 193 Å². The summed E-state index contributed by atoms with van der Waals surface area (Å²) < 4.78 is 17.1. The van der Waals surface area contributed by atoms with Crippen molar-refractivity contribution < 1.29 is 38.2 Å². The first kappa shape index (κ1) is 50.5. The Morgan fingerprint density at radius 3 is 1.57 bits per heavy atom. The number of carbonyl (C=O) groups excluding carboxylic acids is 3. The van der Waals surface area contributed by atoms with Crippen molar-refractivity contribution in [2.75, 3.05) is 41.0 Å². The highest BCUT2D eigenvalue weighted by Crippen LogP contribution is 2.14. The number of carboxylic acid groups (broad SMARTS) is 1. The summed E-state index contributed by atoms with van der Waals surface area (Å²) in [6.07, 6.45) is 40.2. The number of likely N-dealkylation sites (N-methyl/N-ethyl adjacent to an activating group) is 1. The molecule has 0 aliphatic carbocycles. The van der Waals surface area contributed by atoms with Gasteiger partial charge >= 0.3 is 11.9 Å². The van der Waals surface area contributed by atoms with Crippen molar-refractivity contribution in [1.29, 1.82) is 0 Å². The van der Waals surface area contributed by atoms with Crippen molar-refractivity contribution in [3.05, 3.63) is 36.5 Å². The Labute approximate surface area is 325 Å². The fraction of sp³-hybridized carbons (Fsp3) is 0.800. The smallest absolute Gasteiger partial charge is 0.306 e. The number of carbonyl (C=O) groups is 3. The number of esters is 2. The average molecular weight is 748 g/mol. The third kappa shape index (κ3) is 35.0. The molecule has 0 aliphatic rings. The lowest BCUT2D eigenvalue weighted by Crippen LogP contribution is -2.55. The van der Waals surface area contributed by atoms with Crippen LogP contribution in [0.4, 0.5) is 0 Å². The van der Waals surface area contributed by atoms with E-state index >= 15 is 0 Å². The molecular formula is C45H81NO7. The lowest BCUT2D eigenvalue weighted by atomic mass is 10.1. The fourth-order valence-electron chi connectivity index (χ4n) is 6.16. The topological polar surface area (TPSA) is 102 Å². The van der Waals surface area contributed by atoms with Gasteiger partial charge in [-0.2, -0.15) is 0 Å². The number of carboxylic acids is 1. The molecule has 0 aromatic rings. The molecule has 0 saturated carbocycles. The lowest BCUT2D eigenvalue weighted by molar-refractivity contribution is -0.889. The first-order valence-corrected chi connectivity index (χ1v) is 21.5. The molecule has 0 aromatic carbocycles. The average Bonchev–Trinajstić information content (AvgIpc) is 3.11. The number of nitrogens with zero attached hydrogens (tertiary/aromatic N) is 1. The highest BCUT2D eigenvalue weighted by molar-refractivity contribution is 5.70. The van der Waals surface area contributed by atoms with Crippen LogP contribution in [0.25, 0.3) is 0 Å². The Balaban J connectivity index is 4.37. The van der Waals surface area contributed by atoms with Gasteiger partial charge in [-0.25, -0.2) is 0 Å². The predicted molar refractivity (Wildman–Crippen MR) is 217 cm³/mol. The zero-order chi connectivity index (χ0) is 39.3. The maximum atomic E-state index is 12.7. The van der Waals surface area contributed by atoms with E-state index in [4.69, 9.17) is 14.2 Å². The van der Waals surface area contributed by atoms with Gasteiger partial charge in [0, 0.05) is 19.3 Å². The number of rotatable bonds is 38. The van der Waals surface area contributed by atoms with E-state index in [9.17, 15) is 19.5 Å². The molecule has 2 unspecified atom stereocenters. The molecule has 53 heavy (non-hydrogen) atoms. The molecular weight excluding hydrogens is 666 g/mol. The van der Waals surface area contributed by atoms with Crippen LogP contribution in [-0.4, -0.2) is 75.5 Å². The monoisotopic (exact) mass is 748 g/mol. The van der Waals surface area contributed by atoms with Crippen molar-refractivity contribution in [3.8, 4) is 0 Å². The quantitative estimate of drug-likeness (QED) is 0.0268. The van der Waals surface area contributed by atoms with Gasteiger partial charge in [-0.1, -0.05) is 134 Å². The minimum atomic E-state index is -1.13. The molecule has 8 heteroatoms. The van der Waals surface area contributed by atoms with Gasteiger partial charge in [-0.15, -0.1) is 0 Å². The molecule has 0 aromatic heterocycles. The van der Waals surface area contributed by atoms with Gasteiger partial charge in [0.15, 0.2) is 6.10 Å². The number of quaternary nitrogens is 1. The molecule has 2 atom stereocenters. The van der Waals surface area contributed by atoms with E-state index in [2.05, 4.69) is 50.3 Å². The first-order chi connectivity index (χ1) is 25.6. The van der Waals surface area contributed by atoms with Crippen LogP contribution in [0, 0.1) is 0 Å². The minimum absolute atomic E-state index is 0.0374. The van der Waals surface area contributed by atoms with Crippen molar-refractivity contribution in [2.24, 2.45) is 0 Å². The molecule has 0 spiro atoms. The molecule has 0 N–H and O–H groups in total. The van der Waals surface area contributed by atoms with Gasteiger partial charge in [-0.3, -0.25) is 9.59 Å². The molecule has 0 aliphatic heterocycles. The van der Waals surface area contributed by atoms with Crippen LogP contribution in [0.15, 0.2) is 36.5 Å². The van der Waals surface area contributed by atoms with E-state index in [1.54, 1.807) is 21.1 Å². The molecule has 0 heterocycles. The Kier molecular flexibility index (Phi) is 34.8. The van der Waals surface area contributed by atoms with E-state index in [1.807, 2.05) is 0 Å². The number of unbranched alkanes of at least 4 members (excludes halogenated alkanes) is 18. The summed E-state index contributed by atoms with van der Waals surface area (Å²) in [5.74, 6) is -1.75. The van der Waals surface area contributed by atoms with Crippen LogP contribution in [-0.2, 0) is 28.6 Å². The number of hydrogen-bond donors (Lipinski definition) is 0. The Morgan fingerprint density at radius 2 is 1.06 bits per heavy atom. The number of aliphatic carboxylic acids is 1. The third-order valence-electron chi connectivity index (χ3n) is 9.51. The molecule has 0 fully saturated rings. The zero-order valence-electron chi connectivity index (χ0n) is 34.9. The van der Waals surface area contributed by atoms with Crippen LogP contribution >= 0.6 is 0 Å². The van der Waals surface area contributed by atoms with Crippen LogP contribution < -0.4 is 5.11 Å². The predicted octanol–water partition coefficient (Wildman–Crippen LogP) is 10.1. The SMILES string of the molecule is CC/C=C/C/C=C/CCCCCCCCCC(=O)OCC(COCCC(C(=O)[O-])[N+](C)(C)C)OC(=O)CCCCCCCCC/C=C/CCCCCC.